The minimum Gasteiger partial charge on any atom is -0.395 e. The Morgan fingerprint density at radius 3 is 2.76 bits per heavy atom. The van der Waals surface area contributed by atoms with Crippen molar-refractivity contribution in [1.29, 1.82) is 5.41 Å². The van der Waals surface area contributed by atoms with E-state index in [9.17, 15) is 0 Å². The molecule has 5 heteroatoms. The molecule has 1 aliphatic rings. The maximum atomic E-state index is 9.11. The topological polar surface area (TPSA) is 73.3 Å². The molecule has 0 heterocycles. The molecule has 4 nitrogen and oxygen atoms in total. The second kappa shape index (κ2) is 4.94. The third-order valence-corrected chi connectivity index (χ3v) is 3.12. The lowest BCUT2D eigenvalue weighted by Gasteiger charge is -2.26. The number of nitrogens with two attached hydrogens (primary N) is 1. The summed E-state index contributed by atoms with van der Waals surface area (Å²) in [6.45, 7) is 0.656. The Labute approximate surface area is 105 Å². The van der Waals surface area contributed by atoms with Gasteiger partial charge in [0.25, 0.3) is 0 Å². The SMILES string of the molecule is N=C(N)c1cc(Cl)ccc1N(CCO)C1CC1. The third kappa shape index (κ3) is 2.70. The van der Waals surface area contributed by atoms with Crippen LogP contribution in [-0.2, 0) is 0 Å². The van der Waals surface area contributed by atoms with E-state index in [-0.39, 0.29) is 12.4 Å². The largest absolute Gasteiger partial charge is 0.395 e. The Kier molecular flexibility index (Phi) is 3.54. The van der Waals surface area contributed by atoms with E-state index in [1.165, 1.54) is 0 Å². The summed E-state index contributed by atoms with van der Waals surface area (Å²) in [4.78, 5) is 2.10. The van der Waals surface area contributed by atoms with Crippen molar-refractivity contribution in [2.45, 2.75) is 18.9 Å². The highest BCUT2D eigenvalue weighted by Crippen LogP contribution is 2.34. The van der Waals surface area contributed by atoms with Gasteiger partial charge in [0.1, 0.15) is 5.84 Å². The molecule has 1 aromatic rings. The zero-order chi connectivity index (χ0) is 12.4. The fourth-order valence-electron chi connectivity index (χ4n) is 1.97. The maximum Gasteiger partial charge on any atom is 0.124 e. The zero-order valence-electron chi connectivity index (χ0n) is 9.49. The number of amidine groups is 1. The van der Waals surface area contributed by atoms with Gasteiger partial charge in [0.15, 0.2) is 0 Å². The quantitative estimate of drug-likeness (QED) is 0.551. The molecule has 0 aliphatic heterocycles. The van der Waals surface area contributed by atoms with Crippen molar-refractivity contribution in [3.8, 4) is 0 Å². The molecule has 0 amide bonds. The van der Waals surface area contributed by atoms with Gasteiger partial charge in [-0.05, 0) is 31.0 Å². The summed E-state index contributed by atoms with van der Waals surface area (Å²) in [5.74, 6) is 0.00564. The number of nitrogen functional groups attached to an aromatic ring is 1. The van der Waals surface area contributed by atoms with Crippen LogP contribution in [0.15, 0.2) is 18.2 Å². The summed E-state index contributed by atoms with van der Waals surface area (Å²) < 4.78 is 0. The van der Waals surface area contributed by atoms with E-state index in [4.69, 9.17) is 27.9 Å². The molecule has 0 bridgehead atoms. The van der Waals surface area contributed by atoms with Gasteiger partial charge in [0.05, 0.1) is 6.61 Å². The number of nitrogens with zero attached hydrogens (tertiary/aromatic N) is 1. The van der Waals surface area contributed by atoms with Crippen LogP contribution in [0.5, 0.6) is 0 Å². The van der Waals surface area contributed by atoms with Crippen LogP contribution in [0.25, 0.3) is 0 Å². The molecule has 4 N–H and O–H groups in total. The molecule has 0 atom stereocenters. The summed E-state index contributed by atoms with van der Waals surface area (Å²) >= 11 is 5.92. The summed E-state index contributed by atoms with van der Waals surface area (Å²) in [6, 6.07) is 5.82. The van der Waals surface area contributed by atoms with Gasteiger partial charge in [-0.25, -0.2) is 0 Å². The molecule has 0 unspecified atom stereocenters. The van der Waals surface area contributed by atoms with Gasteiger partial charge >= 0.3 is 0 Å². The van der Waals surface area contributed by atoms with Crippen molar-refractivity contribution >= 4 is 23.1 Å². The van der Waals surface area contributed by atoms with Crippen LogP contribution in [-0.4, -0.2) is 30.1 Å². The highest BCUT2D eigenvalue weighted by molar-refractivity contribution is 6.31. The molecule has 0 aromatic heterocycles. The first-order valence-corrected chi connectivity index (χ1v) is 6.02. The van der Waals surface area contributed by atoms with Crippen molar-refractivity contribution in [2.75, 3.05) is 18.1 Å². The zero-order valence-corrected chi connectivity index (χ0v) is 10.2. The van der Waals surface area contributed by atoms with Crippen molar-refractivity contribution in [3.05, 3.63) is 28.8 Å². The summed E-state index contributed by atoms with van der Waals surface area (Å²) in [6.07, 6.45) is 2.25. The van der Waals surface area contributed by atoms with Gasteiger partial charge in [0.2, 0.25) is 0 Å². The number of nitrogens with one attached hydrogen (secondary N) is 1. The van der Waals surface area contributed by atoms with Crippen LogP contribution < -0.4 is 10.6 Å². The molecule has 2 rings (SSSR count). The first-order valence-electron chi connectivity index (χ1n) is 5.65. The van der Waals surface area contributed by atoms with Crippen LogP contribution >= 0.6 is 11.6 Å². The fourth-order valence-corrected chi connectivity index (χ4v) is 2.14. The van der Waals surface area contributed by atoms with E-state index < -0.39 is 0 Å². The minimum absolute atomic E-state index is 0.00564. The number of halogens is 1. The molecule has 0 spiro atoms. The van der Waals surface area contributed by atoms with E-state index in [1.54, 1.807) is 12.1 Å². The first kappa shape index (κ1) is 12.2. The molecular formula is C12H16ClN3O. The van der Waals surface area contributed by atoms with Crippen LogP contribution in [0.2, 0.25) is 5.02 Å². The summed E-state index contributed by atoms with van der Waals surface area (Å²) in [7, 11) is 0. The smallest absolute Gasteiger partial charge is 0.124 e. The third-order valence-electron chi connectivity index (χ3n) is 2.89. The van der Waals surface area contributed by atoms with Gasteiger partial charge in [0, 0.05) is 28.9 Å². The van der Waals surface area contributed by atoms with Crippen LogP contribution in [0, 0.1) is 5.41 Å². The lowest BCUT2D eigenvalue weighted by molar-refractivity contribution is 0.301. The molecule has 92 valence electrons. The summed E-state index contributed by atoms with van der Waals surface area (Å²) in [5, 5.41) is 17.3. The van der Waals surface area contributed by atoms with E-state index in [1.807, 2.05) is 6.07 Å². The summed E-state index contributed by atoms with van der Waals surface area (Å²) in [5.41, 5.74) is 7.10. The number of anilines is 1. The van der Waals surface area contributed by atoms with E-state index in [0.29, 0.717) is 23.2 Å². The average Bonchev–Trinajstić information content (AvgIpc) is 3.10. The van der Waals surface area contributed by atoms with Crippen LogP contribution in [0.3, 0.4) is 0 Å². The number of hydrogen-bond acceptors (Lipinski definition) is 3. The lowest BCUT2D eigenvalue weighted by Crippen LogP contribution is -2.31. The molecule has 0 radical (unpaired) electrons. The van der Waals surface area contributed by atoms with Crippen molar-refractivity contribution < 1.29 is 5.11 Å². The van der Waals surface area contributed by atoms with Crippen molar-refractivity contribution in [2.24, 2.45) is 5.73 Å². The number of benzene rings is 1. The van der Waals surface area contributed by atoms with Gasteiger partial charge in [-0.3, -0.25) is 5.41 Å². The van der Waals surface area contributed by atoms with Gasteiger partial charge in [-0.2, -0.15) is 0 Å². The number of hydrogen-bond donors (Lipinski definition) is 3. The predicted octanol–water partition coefficient (Wildman–Crippen LogP) is 1.59. The monoisotopic (exact) mass is 253 g/mol. The molecule has 0 saturated heterocycles. The number of aliphatic hydroxyl groups excluding tert-OH is 1. The molecule has 1 aromatic carbocycles. The first-order chi connectivity index (χ1) is 8.13. The second-order valence-corrected chi connectivity index (χ2v) is 4.66. The highest BCUT2D eigenvalue weighted by atomic mass is 35.5. The predicted molar refractivity (Wildman–Crippen MR) is 69.9 cm³/mol. The average molecular weight is 254 g/mol. The Morgan fingerprint density at radius 1 is 1.53 bits per heavy atom. The van der Waals surface area contributed by atoms with Crippen molar-refractivity contribution in [1.82, 2.24) is 0 Å². The highest BCUT2D eigenvalue weighted by Gasteiger charge is 2.30. The molecule has 1 saturated carbocycles. The number of rotatable bonds is 5. The Bertz CT molecular complexity index is 432. The van der Waals surface area contributed by atoms with E-state index >= 15 is 0 Å². The molecule has 1 fully saturated rings. The molecule has 1 aliphatic carbocycles. The number of aliphatic hydroxyl groups is 1. The van der Waals surface area contributed by atoms with E-state index in [2.05, 4.69) is 4.90 Å². The lowest BCUT2D eigenvalue weighted by atomic mass is 10.1. The Balaban J connectivity index is 2.37. The maximum absolute atomic E-state index is 9.11. The molecular weight excluding hydrogens is 238 g/mol. The minimum atomic E-state index is 0.00564. The normalized spacial score (nSPS) is 14.7. The van der Waals surface area contributed by atoms with Gasteiger partial charge < -0.3 is 15.7 Å². The Morgan fingerprint density at radius 2 is 2.24 bits per heavy atom. The van der Waals surface area contributed by atoms with Crippen LogP contribution in [0.4, 0.5) is 5.69 Å². The van der Waals surface area contributed by atoms with E-state index in [0.717, 1.165) is 18.5 Å². The fraction of sp³-hybridized carbons (Fsp3) is 0.417. The van der Waals surface area contributed by atoms with Gasteiger partial charge in [-0.1, -0.05) is 11.6 Å². The molecule has 17 heavy (non-hydrogen) atoms. The standard InChI is InChI=1S/C12H16ClN3O/c13-8-1-4-11(10(7-8)12(14)15)16(5-6-17)9-2-3-9/h1,4,7,9,17H,2-3,5-6H2,(H3,14,15). The second-order valence-electron chi connectivity index (χ2n) is 4.22. The Hall–Kier alpha value is -1.26. The van der Waals surface area contributed by atoms with Crippen molar-refractivity contribution in [3.63, 3.8) is 0 Å². The van der Waals surface area contributed by atoms with Gasteiger partial charge in [-0.15, -0.1) is 0 Å². The van der Waals surface area contributed by atoms with Crippen LogP contribution in [0.1, 0.15) is 18.4 Å².